The Bertz CT molecular complexity index is 971. The minimum absolute atomic E-state index is 0.488. The van der Waals surface area contributed by atoms with Crippen molar-refractivity contribution >= 4 is 37.4 Å². The summed E-state index contributed by atoms with van der Waals surface area (Å²) >= 11 is 1.64. The molecule has 1 N–H and O–H groups in total. The number of thiophene rings is 1. The molecule has 8 heteroatoms. The van der Waals surface area contributed by atoms with E-state index in [1.165, 1.54) is 10.6 Å². The SMILES string of the molecule is CCN(CCCNc1ncnc2sc(-c3ccccc3)cc12)S(C)(=O)=O. The van der Waals surface area contributed by atoms with Gasteiger partial charge in [-0.25, -0.2) is 22.7 Å². The number of rotatable bonds is 8. The second-order valence-electron chi connectivity index (χ2n) is 5.95. The van der Waals surface area contributed by atoms with Crippen LogP contribution in [-0.4, -0.2) is 48.6 Å². The number of hydrogen-bond acceptors (Lipinski definition) is 6. The molecule has 3 aromatic rings. The summed E-state index contributed by atoms with van der Waals surface area (Å²) < 4.78 is 24.7. The lowest BCUT2D eigenvalue weighted by molar-refractivity contribution is 0.428. The highest BCUT2D eigenvalue weighted by atomic mass is 32.2. The molecule has 3 rings (SSSR count). The molecule has 0 unspecified atom stereocenters. The second-order valence-corrected chi connectivity index (χ2v) is 8.97. The maximum absolute atomic E-state index is 11.6. The van der Waals surface area contributed by atoms with Gasteiger partial charge in [-0.15, -0.1) is 11.3 Å². The third-order valence-electron chi connectivity index (χ3n) is 4.09. The first-order valence-electron chi connectivity index (χ1n) is 8.48. The first-order chi connectivity index (χ1) is 12.5. The van der Waals surface area contributed by atoms with Crippen molar-refractivity contribution in [3.8, 4) is 10.4 Å². The van der Waals surface area contributed by atoms with Crippen molar-refractivity contribution < 1.29 is 8.42 Å². The lowest BCUT2D eigenvalue weighted by Gasteiger charge is -2.17. The van der Waals surface area contributed by atoms with Gasteiger partial charge in [0, 0.05) is 24.5 Å². The van der Waals surface area contributed by atoms with Crippen LogP contribution < -0.4 is 5.32 Å². The molecule has 0 saturated carbocycles. The Balaban J connectivity index is 1.70. The van der Waals surface area contributed by atoms with E-state index in [0.717, 1.165) is 26.5 Å². The normalized spacial score (nSPS) is 12.0. The van der Waals surface area contributed by atoms with Crippen LogP contribution in [0.15, 0.2) is 42.7 Å². The van der Waals surface area contributed by atoms with Crippen LogP contribution in [0.5, 0.6) is 0 Å². The van der Waals surface area contributed by atoms with E-state index in [9.17, 15) is 8.42 Å². The van der Waals surface area contributed by atoms with E-state index in [2.05, 4.69) is 33.5 Å². The molecular weight excluding hydrogens is 368 g/mol. The number of aromatic nitrogens is 2. The number of benzene rings is 1. The number of hydrogen-bond donors (Lipinski definition) is 1. The monoisotopic (exact) mass is 390 g/mol. The minimum Gasteiger partial charge on any atom is -0.369 e. The van der Waals surface area contributed by atoms with E-state index in [1.807, 2.05) is 25.1 Å². The highest BCUT2D eigenvalue weighted by Crippen LogP contribution is 2.34. The Hall–Kier alpha value is -2.03. The van der Waals surface area contributed by atoms with E-state index >= 15 is 0 Å². The molecule has 0 amide bonds. The van der Waals surface area contributed by atoms with Crippen LogP contribution in [-0.2, 0) is 10.0 Å². The molecule has 0 radical (unpaired) electrons. The standard InChI is InChI=1S/C18H22N4O2S2/c1-3-22(26(2,23)24)11-7-10-19-17-15-12-16(14-8-5-4-6-9-14)25-18(15)21-13-20-17/h4-6,8-9,12-13H,3,7,10-11H2,1-2H3,(H,19,20,21). The van der Waals surface area contributed by atoms with Crippen LogP contribution in [0, 0.1) is 0 Å². The molecule has 0 saturated heterocycles. The summed E-state index contributed by atoms with van der Waals surface area (Å²) in [4.78, 5) is 10.8. The van der Waals surface area contributed by atoms with Crippen molar-refractivity contribution in [1.82, 2.24) is 14.3 Å². The van der Waals surface area contributed by atoms with Crippen molar-refractivity contribution in [3.05, 3.63) is 42.7 Å². The van der Waals surface area contributed by atoms with E-state index in [-0.39, 0.29) is 0 Å². The second kappa shape index (κ2) is 8.11. The third kappa shape index (κ3) is 4.38. The van der Waals surface area contributed by atoms with Gasteiger partial charge in [-0.1, -0.05) is 37.3 Å². The first kappa shape index (κ1) is 18.8. The molecule has 0 aliphatic rings. The van der Waals surface area contributed by atoms with Crippen molar-refractivity contribution in [1.29, 1.82) is 0 Å². The molecule has 0 bridgehead atoms. The van der Waals surface area contributed by atoms with Gasteiger partial charge >= 0.3 is 0 Å². The molecule has 26 heavy (non-hydrogen) atoms. The highest BCUT2D eigenvalue weighted by Gasteiger charge is 2.14. The predicted octanol–water partition coefficient (Wildman–Crippen LogP) is 3.44. The topological polar surface area (TPSA) is 75.2 Å². The molecule has 1 aromatic carbocycles. The number of fused-ring (bicyclic) bond motifs is 1. The molecule has 138 valence electrons. The zero-order chi connectivity index (χ0) is 18.6. The van der Waals surface area contributed by atoms with Gasteiger partial charge in [0.2, 0.25) is 10.0 Å². The van der Waals surface area contributed by atoms with Gasteiger partial charge in [0.15, 0.2) is 0 Å². The summed E-state index contributed by atoms with van der Waals surface area (Å²) in [5, 5.41) is 4.31. The van der Waals surface area contributed by atoms with Crippen molar-refractivity contribution in [2.45, 2.75) is 13.3 Å². The first-order valence-corrected chi connectivity index (χ1v) is 11.1. The fourth-order valence-corrected chi connectivity index (χ4v) is 4.70. The van der Waals surface area contributed by atoms with E-state index < -0.39 is 10.0 Å². The summed E-state index contributed by atoms with van der Waals surface area (Å²) in [5.41, 5.74) is 1.16. The van der Waals surface area contributed by atoms with Gasteiger partial charge in [-0.05, 0) is 18.1 Å². The van der Waals surface area contributed by atoms with E-state index in [1.54, 1.807) is 17.7 Å². The number of sulfonamides is 1. The highest BCUT2D eigenvalue weighted by molar-refractivity contribution is 7.88. The smallest absolute Gasteiger partial charge is 0.211 e. The molecule has 2 aromatic heterocycles. The van der Waals surface area contributed by atoms with Gasteiger partial charge in [-0.2, -0.15) is 0 Å². The molecule has 2 heterocycles. The van der Waals surface area contributed by atoms with Crippen LogP contribution in [0.2, 0.25) is 0 Å². The molecule has 0 spiro atoms. The van der Waals surface area contributed by atoms with Crippen molar-refractivity contribution in [3.63, 3.8) is 0 Å². The van der Waals surface area contributed by atoms with Gasteiger partial charge in [0.1, 0.15) is 17.0 Å². The summed E-state index contributed by atoms with van der Waals surface area (Å²) in [5.74, 6) is 0.788. The lowest BCUT2D eigenvalue weighted by atomic mass is 10.2. The maximum atomic E-state index is 11.6. The van der Waals surface area contributed by atoms with Crippen molar-refractivity contribution in [2.24, 2.45) is 0 Å². The lowest BCUT2D eigenvalue weighted by Crippen LogP contribution is -2.31. The van der Waals surface area contributed by atoms with Crippen LogP contribution in [0.3, 0.4) is 0 Å². The summed E-state index contributed by atoms with van der Waals surface area (Å²) in [6, 6.07) is 12.3. The minimum atomic E-state index is -3.14. The van der Waals surface area contributed by atoms with E-state index in [0.29, 0.717) is 26.1 Å². The molecule has 0 fully saturated rings. The molecule has 0 atom stereocenters. The number of nitrogens with zero attached hydrogens (tertiary/aromatic N) is 3. The molecule has 0 aliphatic carbocycles. The van der Waals surface area contributed by atoms with Crippen LogP contribution >= 0.6 is 11.3 Å². The van der Waals surface area contributed by atoms with E-state index in [4.69, 9.17) is 0 Å². The fourth-order valence-electron chi connectivity index (χ4n) is 2.76. The summed E-state index contributed by atoms with van der Waals surface area (Å²) in [6.45, 7) is 3.48. The zero-order valence-electron chi connectivity index (χ0n) is 14.8. The van der Waals surface area contributed by atoms with Crippen LogP contribution in [0.25, 0.3) is 20.7 Å². The van der Waals surface area contributed by atoms with Crippen molar-refractivity contribution in [2.75, 3.05) is 31.2 Å². The zero-order valence-corrected chi connectivity index (χ0v) is 16.5. The maximum Gasteiger partial charge on any atom is 0.211 e. The van der Waals surface area contributed by atoms with Gasteiger partial charge in [-0.3, -0.25) is 0 Å². The predicted molar refractivity (Wildman–Crippen MR) is 108 cm³/mol. The molecule has 6 nitrogen and oxygen atoms in total. The fraction of sp³-hybridized carbons (Fsp3) is 0.333. The number of anilines is 1. The quantitative estimate of drug-likeness (QED) is 0.596. The molecular formula is C18H22N4O2S2. The summed E-state index contributed by atoms with van der Waals surface area (Å²) in [7, 11) is -3.14. The Morgan fingerprint density at radius 3 is 2.65 bits per heavy atom. The van der Waals surface area contributed by atoms with Gasteiger partial charge < -0.3 is 5.32 Å². The van der Waals surface area contributed by atoms with Crippen LogP contribution in [0.4, 0.5) is 5.82 Å². The Kier molecular flexibility index (Phi) is 5.85. The van der Waals surface area contributed by atoms with Gasteiger partial charge in [0.05, 0.1) is 11.6 Å². The third-order valence-corrected chi connectivity index (χ3v) is 6.56. The largest absolute Gasteiger partial charge is 0.369 e. The summed E-state index contributed by atoms with van der Waals surface area (Å²) in [6.07, 6.45) is 3.52. The molecule has 0 aliphatic heterocycles. The number of nitrogens with one attached hydrogen (secondary N) is 1. The Morgan fingerprint density at radius 2 is 1.96 bits per heavy atom. The van der Waals surface area contributed by atoms with Gasteiger partial charge in [0.25, 0.3) is 0 Å². The van der Waals surface area contributed by atoms with Crippen LogP contribution in [0.1, 0.15) is 13.3 Å². The Morgan fingerprint density at radius 1 is 1.19 bits per heavy atom. The Labute approximate surface area is 158 Å². The average Bonchev–Trinajstić information content (AvgIpc) is 3.06. The average molecular weight is 391 g/mol.